The molecule has 0 aromatic heterocycles. The molecule has 2 aromatic carbocycles. The van der Waals surface area contributed by atoms with Crippen molar-refractivity contribution in [2.75, 3.05) is 13.1 Å². The number of benzene rings is 2. The van der Waals surface area contributed by atoms with E-state index in [0.717, 1.165) is 11.4 Å². The first kappa shape index (κ1) is 20.1. The quantitative estimate of drug-likeness (QED) is 0.353. The van der Waals surface area contributed by atoms with Crippen molar-refractivity contribution in [3.8, 4) is 0 Å². The lowest BCUT2D eigenvalue weighted by molar-refractivity contribution is 0.340. The Hall–Kier alpha value is 0.390. The molecule has 1 fully saturated rings. The molecule has 1 N–H and O–H groups in total. The Labute approximate surface area is 181 Å². The van der Waals surface area contributed by atoms with Crippen molar-refractivity contribution in [3.63, 3.8) is 0 Å². The molecule has 1 heterocycles. The molecule has 0 aliphatic carbocycles. The van der Waals surface area contributed by atoms with Crippen molar-refractivity contribution in [1.29, 1.82) is 0 Å². The van der Waals surface area contributed by atoms with E-state index in [-0.39, 0.29) is 4.48 Å². The van der Waals surface area contributed by atoms with Gasteiger partial charge in [-0.1, -0.05) is 81.2 Å². The van der Waals surface area contributed by atoms with Gasteiger partial charge in [0.25, 0.3) is 3.79 Å². The number of quaternary nitrogens is 1. The second-order valence-corrected chi connectivity index (χ2v) is 9.86. The van der Waals surface area contributed by atoms with Gasteiger partial charge >= 0.3 is 0 Å². The summed E-state index contributed by atoms with van der Waals surface area (Å²) in [5.41, 5.74) is 1.55. The molecule has 25 heavy (non-hydrogen) atoms. The van der Waals surface area contributed by atoms with Crippen LogP contribution >= 0.6 is 81.2 Å². The van der Waals surface area contributed by atoms with Crippen molar-refractivity contribution in [2.45, 2.75) is 9.96 Å². The molecule has 0 radical (unpaired) electrons. The van der Waals surface area contributed by atoms with E-state index >= 15 is 0 Å². The highest BCUT2D eigenvalue weighted by atomic mass is 35.6. The predicted octanol–water partition coefficient (Wildman–Crippen LogP) is 7.24. The van der Waals surface area contributed by atoms with Crippen LogP contribution in [0.5, 0.6) is 0 Å². The van der Waals surface area contributed by atoms with Gasteiger partial charge in [0, 0.05) is 44.4 Å². The van der Waals surface area contributed by atoms with Crippen LogP contribution in [-0.4, -0.2) is 23.0 Å². The van der Waals surface area contributed by atoms with Crippen molar-refractivity contribution in [3.05, 3.63) is 56.5 Å². The lowest BCUT2D eigenvalue weighted by Crippen LogP contribution is -2.58. The van der Waals surface area contributed by atoms with Crippen molar-refractivity contribution < 1.29 is 0 Å². The maximum atomic E-state index is 6.30. The van der Waals surface area contributed by atoms with Gasteiger partial charge in [0.05, 0.1) is 6.54 Å². The van der Waals surface area contributed by atoms with E-state index in [9.17, 15) is 0 Å². The number of nitrogens with zero attached hydrogens (tertiary/aromatic N) is 1. The molecule has 2 nitrogen and oxygen atoms in total. The summed E-state index contributed by atoms with van der Waals surface area (Å²) in [6.45, 7) is 1.22. The number of halogens is 7. The fourth-order valence-corrected chi connectivity index (χ4v) is 5.03. The number of nitrogens with one attached hydrogen (secondary N) is 1. The van der Waals surface area contributed by atoms with E-state index in [1.807, 2.05) is 0 Å². The second kappa shape index (κ2) is 7.43. The molecule has 2 aromatic rings. The fourth-order valence-electron chi connectivity index (χ4n) is 3.27. The van der Waals surface area contributed by atoms with E-state index in [2.05, 4.69) is 5.32 Å². The third-order valence-corrected chi connectivity index (χ3v) is 5.66. The smallest absolute Gasteiger partial charge is 0.257 e. The summed E-state index contributed by atoms with van der Waals surface area (Å²) < 4.78 is -1.43. The van der Waals surface area contributed by atoms with Crippen LogP contribution < -0.4 is 9.80 Å². The summed E-state index contributed by atoms with van der Waals surface area (Å²) in [5, 5.41) is 5.22. The minimum atomic E-state index is -1.60. The lowest BCUT2D eigenvalue weighted by Gasteiger charge is -2.41. The number of hydrogen-bond acceptors (Lipinski definition) is 1. The number of rotatable bonds is 2. The van der Waals surface area contributed by atoms with Crippen LogP contribution in [0.25, 0.3) is 0 Å². The highest BCUT2D eigenvalue weighted by Crippen LogP contribution is 2.48. The standard InChI is InChI=1S/C16H12Cl7N2/c17-9-3-10(18)6-13(5-9)25(2-1-24-15(25)16(21,22)23)14-7-11(19)4-12(20)8-14/h3-8,15,24H,1-2H2/q+1. The van der Waals surface area contributed by atoms with Gasteiger partial charge in [0.15, 0.2) is 0 Å². The average Bonchev–Trinajstić information content (AvgIpc) is 2.91. The van der Waals surface area contributed by atoms with Crippen molar-refractivity contribution in [1.82, 2.24) is 9.80 Å². The van der Waals surface area contributed by atoms with Crippen molar-refractivity contribution >= 4 is 92.6 Å². The SMILES string of the molecule is Clc1cc(Cl)cc([N+]2(c3cc(Cl)cc(Cl)c3)CCNC2C(Cl)(Cl)Cl)c1. The van der Waals surface area contributed by atoms with E-state index < -0.39 is 9.96 Å². The van der Waals surface area contributed by atoms with Gasteiger partial charge in [-0.25, -0.2) is 4.48 Å². The summed E-state index contributed by atoms with van der Waals surface area (Å²) in [6.07, 6.45) is -0.582. The third kappa shape index (κ3) is 3.99. The van der Waals surface area contributed by atoms with Gasteiger partial charge < -0.3 is 0 Å². The van der Waals surface area contributed by atoms with Gasteiger partial charge in [0.1, 0.15) is 17.9 Å². The van der Waals surface area contributed by atoms with Crippen LogP contribution in [-0.2, 0) is 0 Å². The van der Waals surface area contributed by atoms with Crippen molar-refractivity contribution in [2.24, 2.45) is 0 Å². The Bertz CT molecular complexity index is 712. The van der Waals surface area contributed by atoms with E-state index in [4.69, 9.17) is 81.2 Å². The van der Waals surface area contributed by atoms with Crippen LogP contribution in [0.2, 0.25) is 20.1 Å². The summed E-state index contributed by atoms with van der Waals surface area (Å²) in [7, 11) is 0. The minimum Gasteiger partial charge on any atom is -0.258 e. The molecule has 3 rings (SSSR count). The molecule has 1 saturated heterocycles. The van der Waals surface area contributed by atoms with Gasteiger partial charge in [-0.3, -0.25) is 5.32 Å². The first-order valence-corrected chi connectivity index (χ1v) is 9.89. The van der Waals surface area contributed by atoms with Gasteiger partial charge in [-0.05, 0) is 12.1 Å². The normalized spacial score (nSPS) is 20.0. The Kier molecular flexibility index (Phi) is 5.98. The Morgan fingerprint density at radius 1 is 0.760 bits per heavy atom. The zero-order valence-electron chi connectivity index (χ0n) is 12.5. The molecular weight excluding hydrogens is 468 g/mol. The summed E-state index contributed by atoms with van der Waals surface area (Å²) in [4.78, 5) is 0. The van der Waals surface area contributed by atoms with E-state index in [1.165, 1.54) is 0 Å². The topological polar surface area (TPSA) is 12.0 Å². The molecule has 1 atom stereocenters. The molecule has 134 valence electrons. The minimum absolute atomic E-state index is 0.164. The first-order chi connectivity index (χ1) is 11.6. The molecule has 0 amide bonds. The summed E-state index contributed by atoms with van der Waals surface area (Å²) >= 11 is 43.9. The van der Waals surface area contributed by atoms with Crippen LogP contribution in [0.3, 0.4) is 0 Å². The van der Waals surface area contributed by atoms with Crippen LogP contribution in [0.15, 0.2) is 36.4 Å². The van der Waals surface area contributed by atoms with Gasteiger partial charge in [-0.2, -0.15) is 0 Å². The molecule has 1 unspecified atom stereocenters. The largest absolute Gasteiger partial charge is 0.258 e. The van der Waals surface area contributed by atoms with Crippen LogP contribution in [0, 0.1) is 0 Å². The molecular formula is C16H12Cl7N2+. The fraction of sp³-hybridized carbons (Fsp3) is 0.250. The average molecular weight is 480 g/mol. The summed E-state index contributed by atoms with van der Waals surface area (Å²) in [5.74, 6) is 0. The second-order valence-electron chi connectivity index (χ2n) is 5.75. The maximum absolute atomic E-state index is 6.30. The number of alkyl halides is 3. The van der Waals surface area contributed by atoms with Crippen LogP contribution in [0.1, 0.15) is 0 Å². The van der Waals surface area contributed by atoms with Gasteiger partial charge in [0.2, 0.25) is 6.17 Å². The first-order valence-electron chi connectivity index (χ1n) is 7.24. The Morgan fingerprint density at radius 3 is 1.52 bits per heavy atom. The molecule has 1 aliphatic rings. The van der Waals surface area contributed by atoms with E-state index in [1.54, 1.807) is 36.4 Å². The van der Waals surface area contributed by atoms with E-state index in [0.29, 0.717) is 33.2 Å². The Morgan fingerprint density at radius 2 is 1.16 bits per heavy atom. The highest BCUT2D eigenvalue weighted by molar-refractivity contribution is 6.68. The van der Waals surface area contributed by atoms with Gasteiger partial charge in [-0.15, -0.1) is 0 Å². The molecule has 1 aliphatic heterocycles. The molecule has 0 bridgehead atoms. The predicted molar refractivity (Wildman–Crippen MR) is 111 cm³/mol. The van der Waals surface area contributed by atoms with Crippen LogP contribution in [0.4, 0.5) is 11.4 Å². The molecule has 0 spiro atoms. The zero-order valence-corrected chi connectivity index (χ0v) is 17.8. The number of hydrogen-bond donors (Lipinski definition) is 1. The zero-order chi connectivity index (χ0) is 18.4. The molecule has 0 saturated carbocycles. The highest BCUT2D eigenvalue weighted by Gasteiger charge is 2.55. The maximum Gasteiger partial charge on any atom is 0.257 e. The monoisotopic (exact) mass is 477 g/mol. The lowest BCUT2D eigenvalue weighted by atomic mass is 10.1. The third-order valence-electron chi connectivity index (χ3n) is 4.17. The molecule has 9 heteroatoms. The summed E-state index contributed by atoms with van der Waals surface area (Å²) in [6, 6.07) is 10.5. The Balaban J connectivity index is 2.32.